The second-order valence-electron chi connectivity index (χ2n) is 9.17. The Morgan fingerprint density at radius 3 is 2.06 bits per heavy atom. The topological polar surface area (TPSA) is 86.7 Å². The number of hydrogen-bond donors (Lipinski definition) is 2. The Morgan fingerprint density at radius 2 is 1.52 bits per heavy atom. The van der Waals surface area contributed by atoms with Gasteiger partial charge in [0, 0.05) is 18.8 Å². The largest absolute Gasteiger partial charge is 0.478 e. The highest BCUT2D eigenvalue weighted by molar-refractivity contribution is 7.92. The van der Waals surface area contributed by atoms with E-state index in [4.69, 9.17) is 0 Å². The number of rotatable bonds is 5. The molecule has 31 heavy (non-hydrogen) atoms. The van der Waals surface area contributed by atoms with Crippen molar-refractivity contribution in [2.24, 2.45) is 0 Å². The average Bonchev–Trinajstić information content (AvgIpc) is 2.67. The zero-order valence-electron chi connectivity index (χ0n) is 18.5. The Balaban J connectivity index is 1.85. The summed E-state index contributed by atoms with van der Waals surface area (Å²) in [6, 6.07) is 11.5. The first kappa shape index (κ1) is 23.1. The molecule has 1 aliphatic rings. The third kappa shape index (κ3) is 5.79. The Bertz CT molecular complexity index is 1020. The second kappa shape index (κ2) is 9.30. The lowest BCUT2D eigenvalue weighted by Crippen LogP contribution is -2.28. The number of carboxylic acids is 1. The number of carboxylic acid groups (broad SMARTS) is 1. The van der Waals surface area contributed by atoms with Gasteiger partial charge in [-0.25, -0.2) is 13.2 Å². The number of benzene rings is 2. The lowest BCUT2D eigenvalue weighted by atomic mass is 9.87. The van der Waals surface area contributed by atoms with Crippen LogP contribution in [0.1, 0.15) is 68.8 Å². The monoisotopic (exact) mass is 444 g/mol. The molecule has 0 amide bonds. The molecule has 0 radical (unpaired) electrons. The van der Waals surface area contributed by atoms with E-state index in [1.807, 2.05) is 12.1 Å². The van der Waals surface area contributed by atoms with Gasteiger partial charge in [-0.05, 0) is 54.2 Å². The van der Waals surface area contributed by atoms with E-state index in [1.165, 1.54) is 12.5 Å². The van der Waals surface area contributed by atoms with E-state index in [0.717, 1.165) is 44.3 Å². The SMILES string of the molecule is CC(C)(C)c1ccc(S(=O)(=O)Nc2ccc(N3CCCCCCC3)c(C(=O)O)c2)cc1. The molecule has 168 valence electrons. The van der Waals surface area contributed by atoms with Crippen molar-refractivity contribution in [3.8, 4) is 0 Å². The quantitative estimate of drug-likeness (QED) is 0.657. The molecule has 2 aromatic carbocycles. The van der Waals surface area contributed by atoms with E-state index in [1.54, 1.807) is 24.3 Å². The zero-order chi connectivity index (χ0) is 22.6. The van der Waals surface area contributed by atoms with Crippen molar-refractivity contribution in [2.45, 2.75) is 63.2 Å². The molecule has 1 saturated heterocycles. The minimum Gasteiger partial charge on any atom is -0.478 e. The fraction of sp³-hybridized carbons (Fsp3) is 0.458. The molecule has 6 nitrogen and oxygen atoms in total. The first-order valence-corrected chi connectivity index (χ1v) is 12.3. The van der Waals surface area contributed by atoms with E-state index >= 15 is 0 Å². The van der Waals surface area contributed by atoms with Crippen LogP contribution in [0.15, 0.2) is 47.4 Å². The number of anilines is 2. The predicted octanol–water partition coefficient (Wildman–Crippen LogP) is 5.25. The number of nitrogens with one attached hydrogen (secondary N) is 1. The van der Waals surface area contributed by atoms with Gasteiger partial charge in [0.2, 0.25) is 0 Å². The maximum absolute atomic E-state index is 12.8. The zero-order valence-corrected chi connectivity index (χ0v) is 19.3. The van der Waals surface area contributed by atoms with Gasteiger partial charge >= 0.3 is 5.97 Å². The van der Waals surface area contributed by atoms with Crippen molar-refractivity contribution in [1.82, 2.24) is 0 Å². The van der Waals surface area contributed by atoms with E-state index in [2.05, 4.69) is 30.4 Å². The standard InChI is InChI=1S/C24H32N2O4S/c1-24(2,3)18-9-12-20(13-10-18)31(29,30)25-19-11-14-22(21(17-19)23(27)28)26-15-7-5-4-6-8-16-26/h9-14,17,25H,4-8,15-16H2,1-3H3,(H,27,28). The predicted molar refractivity (Wildman–Crippen MR) is 125 cm³/mol. The highest BCUT2D eigenvalue weighted by Gasteiger charge is 2.21. The average molecular weight is 445 g/mol. The van der Waals surface area contributed by atoms with Crippen LogP contribution in [0.25, 0.3) is 0 Å². The summed E-state index contributed by atoms with van der Waals surface area (Å²) in [5.41, 5.74) is 1.97. The molecular formula is C24H32N2O4S. The fourth-order valence-electron chi connectivity index (χ4n) is 3.88. The molecule has 2 aromatic rings. The van der Waals surface area contributed by atoms with Gasteiger partial charge < -0.3 is 10.0 Å². The Morgan fingerprint density at radius 1 is 0.935 bits per heavy atom. The third-order valence-electron chi connectivity index (χ3n) is 5.71. The lowest BCUT2D eigenvalue weighted by molar-refractivity contribution is 0.0697. The first-order valence-electron chi connectivity index (χ1n) is 10.8. The second-order valence-corrected chi connectivity index (χ2v) is 10.9. The summed E-state index contributed by atoms with van der Waals surface area (Å²) in [7, 11) is -3.82. The normalized spacial score (nSPS) is 15.8. The molecular weight excluding hydrogens is 412 g/mol. The molecule has 0 aromatic heterocycles. The summed E-state index contributed by atoms with van der Waals surface area (Å²) in [5.74, 6) is -1.06. The summed E-state index contributed by atoms with van der Waals surface area (Å²) < 4.78 is 28.2. The molecule has 2 N–H and O–H groups in total. The molecule has 0 saturated carbocycles. The van der Waals surface area contributed by atoms with Gasteiger partial charge in [0.15, 0.2) is 0 Å². The third-order valence-corrected chi connectivity index (χ3v) is 7.10. The van der Waals surface area contributed by atoms with E-state index in [-0.39, 0.29) is 21.6 Å². The maximum atomic E-state index is 12.8. The highest BCUT2D eigenvalue weighted by atomic mass is 32.2. The van der Waals surface area contributed by atoms with Gasteiger partial charge in [0.1, 0.15) is 0 Å². The van der Waals surface area contributed by atoms with Gasteiger partial charge in [0.05, 0.1) is 16.1 Å². The number of sulfonamides is 1. The van der Waals surface area contributed by atoms with Crippen molar-refractivity contribution in [3.05, 3.63) is 53.6 Å². The lowest BCUT2D eigenvalue weighted by Gasteiger charge is -2.28. The van der Waals surface area contributed by atoms with Crippen LogP contribution in [-0.2, 0) is 15.4 Å². The van der Waals surface area contributed by atoms with Crippen LogP contribution in [0.4, 0.5) is 11.4 Å². The molecule has 0 atom stereocenters. The Labute approximate surface area is 185 Å². The molecule has 0 aliphatic carbocycles. The number of carbonyl (C=O) groups is 1. The van der Waals surface area contributed by atoms with E-state index < -0.39 is 16.0 Å². The summed E-state index contributed by atoms with van der Waals surface area (Å²) in [6.45, 7) is 7.82. The fourth-order valence-corrected chi connectivity index (χ4v) is 4.93. The highest BCUT2D eigenvalue weighted by Crippen LogP contribution is 2.29. The molecule has 0 unspecified atom stereocenters. The summed E-state index contributed by atoms with van der Waals surface area (Å²) in [4.78, 5) is 14.2. The minimum absolute atomic E-state index is 0.0751. The smallest absolute Gasteiger partial charge is 0.337 e. The van der Waals surface area contributed by atoms with Crippen LogP contribution in [0, 0.1) is 0 Å². The molecule has 3 rings (SSSR count). The number of aromatic carboxylic acids is 1. The molecule has 0 bridgehead atoms. The summed E-state index contributed by atoms with van der Waals surface area (Å²) in [5, 5.41) is 9.76. The van der Waals surface area contributed by atoms with Crippen molar-refractivity contribution >= 4 is 27.4 Å². The van der Waals surface area contributed by atoms with Crippen LogP contribution < -0.4 is 9.62 Å². The van der Waals surface area contributed by atoms with E-state index in [9.17, 15) is 18.3 Å². The van der Waals surface area contributed by atoms with Crippen LogP contribution in [0.2, 0.25) is 0 Å². The minimum atomic E-state index is -3.82. The van der Waals surface area contributed by atoms with Crippen molar-refractivity contribution in [3.63, 3.8) is 0 Å². The van der Waals surface area contributed by atoms with Crippen molar-refractivity contribution < 1.29 is 18.3 Å². The van der Waals surface area contributed by atoms with Gasteiger partial charge in [-0.1, -0.05) is 52.2 Å². The van der Waals surface area contributed by atoms with Crippen molar-refractivity contribution in [1.29, 1.82) is 0 Å². The van der Waals surface area contributed by atoms with Gasteiger partial charge in [0.25, 0.3) is 10.0 Å². The van der Waals surface area contributed by atoms with Crippen LogP contribution in [-0.4, -0.2) is 32.6 Å². The van der Waals surface area contributed by atoms with Gasteiger partial charge in [-0.15, -0.1) is 0 Å². The Kier molecular flexibility index (Phi) is 6.94. The van der Waals surface area contributed by atoms with Crippen LogP contribution >= 0.6 is 0 Å². The van der Waals surface area contributed by atoms with Crippen molar-refractivity contribution in [2.75, 3.05) is 22.7 Å². The van der Waals surface area contributed by atoms with Gasteiger partial charge in [-0.3, -0.25) is 4.72 Å². The summed E-state index contributed by atoms with van der Waals surface area (Å²) >= 11 is 0. The molecule has 1 aliphatic heterocycles. The molecule has 0 spiro atoms. The number of nitrogens with zero attached hydrogens (tertiary/aromatic N) is 1. The molecule has 1 heterocycles. The van der Waals surface area contributed by atoms with Crippen LogP contribution in [0.3, 0.4) is 0 Å². The van der Waals surface area contributed by atoms with Gasteiger partial charge in [-0.2, -0.15) is 0 Å². The summed E-state index contributed by atoms with van der Waals surface area (Å²) in [6.07, 6.45) is 5.56. The molecule has 7 heteroatoms. The molecule has 1 fully saturated rings. The first-order chi connectivity index (χ1) is 14.6. The van der Waals surface area contributed by atoms with E-state index in [0.29, 0.717) is 5.69 Å². The van der Waals surface area contributed by atoms with Crippen LogP contribution in [0.5, 0.6) is 0 Å². The maximum Gasteiger partial charge on any atom is 0.337 e. The Hall–Kier alpha value is -2.54. The number of hydrogen-bond acceptors (Lipinski definition) is 4.